The van der Waals surface area contributed by atoms with E-state index in [9.17, 15) is 29.4 Å². The molecule has 9 nitrogen and oxygen atoms in total. The van der Waals surface area contributed by atoms with E-state index in [4.69, 9.17) is 21.8 Å². The standard InChI is InChI=1S/C18H24O2.C15H13ClO2.C7H5NO4/c19-16(20)18(15-7-3-1-4-8-15)13-11-17(12-14-18)9-5-2-6-10-17;16-13-8-6-12(7-9-13)14(15(17)18)10-11-4-2-1-3-5-11;9-6(10)4-1-2-5(7(11)12)8-3-4/h1,3-4,7-8H,2,5-6,9-14H2,(H,19,20);1-9,14H,10H2,(H,17,18);1-3H,(H,9,10)(H,11,12). The molecule has 10 heteroatoms. The summed E-state index contributed by atoms with van der Waals surface area (Å²) in [6, 6.07) is 28.8. The van der Waals surface area contributed by atoms with Crippen LogP contribution in [0.15, 0.2) is 103 Å². The molecule has 1 aromatic heterocycles. The summed E-state index contributed by atoms with van der Waals surface area (Å²) in [5.74, 6) is -4.29. The Morgan fingerprint density at radius 1 is 0.660 bits per heavy atom. The van der Waals surface area contributed by atoms with Gasteiger partial charge in [0.2, 0.25) is 0 Å². The molecule has 2 fully saturated rings. The second-order valence-electron chi connectivity index (χ2n) is 13.0. The van der Waals surface area contributed by atoms with E-state index in [1.54, 1.807) is 24.3 Å². The van der Waals surface area contributed by atoms with Crippen molar-refractivity contribution in [3.63, 3.8) is 0 Å². The first kappa shape index (κ1) is 37.8. The van der Waals surface area contributed by atoms with Gasteiger partial charge < -0.3 is 20.4 Å². The number of aromatic carboxylic acids is 2. The summed E-state index contributed by atoms with van der Waals surface area (Å²) in [6.07, 6.45) is 12.0. The van der Waals surface area contributed by atoms with E-state index in [2.05, 4.69) is 4.98 Å². The molecule has 0 radical (unpaired) electrons. The van der Waals surface area contributed by atoms with Crippen LogP contribution in [0.1, 0.15) is 101 Å². The van der Waals surface area contributed by atoms with Crippen LogP contribution in [-0.4, -0.2) is 49.3 Å². The highest BCUT2D eigenvalue weighted by Gasteiger charge is 2.48. The van der Waals surface area contributed by atoms with Gasteiger partial charge >= 0.3 is 23.9 Å². The molecule has 1 spiro atoms. The topological polar surface area (TPSA) is 162 Å². The molecule has 2 aliphatic carbocycles. The summed E-state index contributed by atoms with van der Waals surface area (Å²) < 4.78 is 0. The maximum atomic E-state index is 11.9. The minimum atomic E-state index is -1.17. The van der Waals surface area contributed by atoms with Crippen LogP contribution in [0.4, 0.5) is 0 Å². The van der Waals surface area contributed by atoms with Crippen molar-refractivity contribution in [2.75, 3.05) is 0 Å². The van der Waals surface area contributed by atoms with Gasteiger partial charge in [-0.15, -0.1) is 0 Å². The number of carboxylic acids is 4. The number of pyridine rings is 1. The van der Waals surface area contributed by atoms with Gasteiger partial charge in [0, 0.05) is 11.2 Å². The molecule has 2 saturated carbocycles. The molecule has 0 saturated heterocycles. The Balaban J connectivity index is 0.000000174. The Morgan fingerprint density at radius 3 is 1.72 bits per heavy atom. The smallest absolute Gasteiger partial charge is 0.354 e. The van der Waals surface area contributed by atoms with Crippen molar-refractivity contribution in [3.05, 3.63) is 136 Å². The zero-order valence-corrected chi connectivity index (χ0v) is 28.5. The largest absolute Gasteiger partial charge is 0.481 e. The van der Waals surface area contributed by atoms with Gasteiger partial charge in [0.05, 0.1) is 16.9 Å². The molecule has 3 aromatic carbocycles. The summed E-state index contributed by atoms with van der Waals surface area (Å²) in [5, 5.41) is 36.6. The van der Waals surface area contributed by atoms with Crippen LogP contribution in [0, 0.1) is 5.41 Å². The molecule has 2 aliphatic rings. The molecule has 1 atom stereocenters. The summed E-state index contributed by atoms with van der Waals surface area (Å²) >= 11 is 5.81. The van der Waals surface area contributed by atoms with Crippen molar-refractivity contribution in [1.82, 2.24) is 4.98 Å². The van der Waals surface area contributed by atoms with Crippen molar-refractivity contribution in [3.8, 4) is 0 Å². The molecule has 50 heavy (non-hydrogen) atoms. The highest BCUT2D eigenvalue weighted by molar-refractivity contribution is 6.30. The zero-order chi connectivity index (χ0) is 36.1. The van der Waals surface area contributed by atoms with Crippen LogP contribution < -0.4 is 0 Å². The molecule has 0 aliphatic heterocycles. The average molecular weight is 700 g/mol. The third-order valence-corrected chi connectivity index (χ3v) is 10.1. The highest BCUT2D eigenvalue weighted by Crippen LogP contribution is 2.53. The predicted molar refractivity (Wildman–Crippen MR) is 190 cm³/mol. The molecule has 262 valence electrons. The van der Waals surface area contributed by atoms with Crippen LogP contribution in [0.25, 0.3) is 0 Å². The van der Waals surface area contributed by atoms with Crippen LogP contribution in [0.3, 0.4) is 0 Å². The van der Waals surface area contributed by atoms with Crippen molar-refractivity contribution < 1.29 is 39.6 Å². The second kappa shape index (κ2) is 17.6. The van der Waals surface area contributed by atoms with Gasteiger partial charge in [-0.1, -0.05) is 104 Å². The Bertz CT molecular complexity index is 1680. The van der Waals surface area contributed by atoms with Gasteiger partial charge in [0.1, 0.15) is 5.69 Å². The number of carbonyl (C=O) groups is 4. The van der Waals surface area contributed by atoms with E-state index in [0.717, 1.165) is 54.6 Å². The summed E-state index contributed by atoms with van der Waals surface area (Å²) in [5.41, 5.74) is 2.42. The number of nitrogens with zero attached hydrogens (tertiary/aromatic N) is 1. The van der Waals surface area contributed by atoms with E-state index in [-0.39, 0.29) is 11.3 Å². The summed E-state index contributed by atoms with van der Waals surface area (Å²) in [7, 11) is 0. The lowest BCUT2D eigenvalue weighted by atomic mass is 9.57. The second-order valence-corrected chi connectivity index (χ2v) is 13.4. The first-order valence-corrected chi connectivity index (χ1v) is 17.1. The number of carboxylic acid groups (broad SMARTS) is 4. The van der Waals surface area contributed by atoms with Crippen LogP contribution >= 0.6 is 11.6 Å². The first-order valence-electron chi connectivity index (χ1n) is 16.7. The van der Waals surface area contributed by atoms with Gasteiger partial charge in [-0.25, -0.2) is 14.6 Å². The fourth-order valence-electron chi connectivity index (χ4n) is 6.93. The lowest BCUT2D eigenvalue weighted by molar-refractivity contribution is -0.146. The Morgan fingerprint density at radius 2 is 1.24 bits per heavy atom. The molecular formula is C40H42ClNO8. The van der Waals surface area contributed by atoms with Gasteiger partial charge in [-0.05, 0) is 91.3 Å². The Hall–Kier alpha value is -5.02. The highest BCUT2D eigenvalue weighted by atomic mass is 35.5. The number of halogens is 1. The van der Waals surface area contributed by atoms with Crippen LogP contribution in [0.5, 0.6) is 0 Å². The van der Waals surface area contributed by atoms with Crippen molar-refractivity contribution in [2.45, 2.75) is 75.5 Å². The lowest BCUT2D eigenvalue weighted by Gasteiger charge is -2.46. The Kier molecular flexibility index (Phi) is 13.3. The van der Waals surface area contributed by atoms with Crippen molar-refractivity contribution in [1.29, 1.82) is 0 Å². The number of hydrogen-bond donors (Lipinski definition) is 4. The normalized spacial score (nSPS) is 16.3. The predicted octanol–water partition coefficient (Wildman–Crippen LogP) is 8.76. The van der Waals surface area contributed by atoms with E-state index in [0.29, 0.717) is 16.9 Å². The lowest BCUT2D eigenvalue weighted by Crippen LogP contribution is -2.43. The van der Waals surface area contributed by atoms with Crippen LogP contribution in [0.2, 0.25) is 5.02 Å². The van der Waals surface area contributed by atoms with E-state index < -0.39 is 35.2 Å². The molecule has 0 amide bonds. The maximum absolute atomic E-state index is 11.9. The first-order chi connectivity index (χ1) is 23.9. The zero-order valence-electron chi connectivity index (χ0n) is 27.7. The molecule has 4 N–H and O–H groups in total. The number of benzene rings is 3. The quantitative estimate of drug-likeness (QED) is 0.141. The van der Waals surface area contributed by atoms with Gasteiger partial charge in [-0.2, -0.15) is 0 Å². The third kappa shape index (κ3) is 10.0. The van der Waals surface area contributed by atoms with Crippen LogP contribution in [-0.2, 0) is 21.4 Å². The van der Waals surface area contributed by atoms with E-state index in [1.807, 2.05) is 60.7 Å². The minimum absolute atomic E-state index is 0.0278. The summed E-state index contributed by atoms with van der Waals surface area (Å²) in [4.78, 5) is 47.3. The number of rotatable bonds is 8. The minimum Gasteiger partial charge on any atom is -0.481 e. The third-order valence-electron chi connectivity index (χ3n) is 9.90. The Labute approximate surface area is 296 Å². The van der Waals surface area contributed by atoms with Gasteiger partial charge in [0.25, 0.3) is 0 Å². The van der Waals surface area contributed by atoms with E-state index >= 15 is 0 Å². The summed E-state index contributed by atoms with van der Waals surface area (Å²) in [6.45, 7) is 0. The molecule has 6 rings (SSSR count). The molecular weight excluding hydrogens is 658 g/mol. The maximum Gasteiger partial charge on any atom is 0.354 e. The fraction of sp³-hybridized carbons (Fsp3) is 0.325. The fourth-order valence-corrected chi connectivity index (χ4v) is 7.06. The molecule has 1 unspecified atom stereocenters. The molecule has 4 aromatic rings. The monoisotopic (exact) mass is 699 g/mol. The van der Waals surface area contributed by atoms with Gasteiger partial charge in [-0.3, -0.25) is 9.59 Å². The average Bonchev–Trinajstić information content (AvgIpc) is 3.13. The molecule has 1 heterocycles. The number of aromatic nitrogens is 1. The van der Waals surface area contributed by atoms with Crippen molar-refractivity contribution >= 4 is 35.5 Å². The molecule has 0 bridgehead atoms. The van der Waals surface area contributed by atoms with Crippen molar-refractivity contribution in [2.24, 2.45) is 5.41 Å². The van der Waals surface area contributed by atoms with E-state index in [1.165, 1.54) is 38.2 Å². The SMILES string of the molecule is O=C(O)C(Cc1ccccc1)c1ccc(Cl)cc1.O=C(O)C1(c2ccccc2)CCC2(CCCCC2)CC1.O=C(O)c1ccc(C(=O)O)nc1. The van der Waals surface area contributed by atoms with Gasteiger partial charge in [0.15, 0.2) is 0 Å². The number of hydrogen-bond acceptors (Lipinski definition) is 5. The number of aliphatic carboxylic acids is 2.